The summed E-state index contributed by atoms with van der Waals surface area (Å²) in [5.74, 6) is -0.826. The Morgan fingerprint density at radius 1 is 0.962 bits per heavy atom. The molecular weight excluding hydrogens is 331 g/mol. The van der Waals surface area contributed by atoms with E-state index in [2.05, 4.69) is 5.32 Å². The van der Waals surface area contributed by atoms with E-state index in [9.17, 15) is 14.0 Å². The maximum Gasteiger partial charge on any atom is 0.325 e. The van der Waals surface area contributed by atoms with E-state index < -0.39 is 17.4 Å². The van der Waals surface area contributed by atoms with Gasteiger partial charge in [0.15, 0.2) is 0 Å². The van der Waals surface area contributed by atoms with Gasteiger partial charge in [0, 0.05) is 5.56 Å². The number of urea groups is 1. The van der Waals surface area contributed by atoms with Crippen LogP contribution in [0.4, 0.5) is 9.18 Å². The second-order valence-electron chi connectivity index (χ2n) is 6.60. The lowest BCUT2D eigenvalue weighted by Crippen LogP contribution is -2.40. The maximum atomic E-state index is 13.9. The molecule has 130 valence electrons. The van der Waals surface area contributed by atoms with Crippen molar-refractivity contribution in [2.45, 2.75) is 19.0 Å². The Hall–Kier alpha value is -3.21. The first kappa shape index (κ1) is 16.3. The Morgan fingerprint density at radius 3 is 2.42 bits per heavy atom. The lowest BCUT2D eigenvalue weighted by molar-refractivity contribution is -0.131. The van der Waals surface area contributed by atoms with E-state index >= 15 is 0 Å². The van der Waals surface area contributed by atoms with Crippen LogP contribution in [-0.2, 0) is 16.9 Å². The summed E-state index contributed by atoms with van der Waals surface area (Å²) in [6, 6.07) is 19.1. The van der Waals surface area contributed by atoms with E-state index in [1.807, 2.05) is 42.5 Å². The van der Waals surface area contributed by atoms with Crippen molar-refractivity contribution in [2.24, 2.45) is 0 Å². The van der Waals surface area contributed by atoms with Crippen LogP contribution < -0.4 is 5.32 Å². The number of rotatable bonds is 3. The number of carbonyl (C=O) groups excluding carboxylic acids is 2. The zero-order valence-electron chi connectivity index (χ0n) is 14.2. The summed E-state index contributed by atoms with van der Waals surface area (Å²) in [5.41, 5.74) is -0.170. The van der Waals surface area contributed by atoms with Crippen molar-refractivity contribution >= 4 is 22.7 Å². The molecule has 4 rings (SSSR count). The van der Waals surface area contributed by atoms with E-state index in [-0.39, 0.29) is 12.5 Å². The number of hydrogen-bond acceptors (Lipinski definition) is 2. The minimum atomic E-state index is -1.17. The molecule has 1 fully saturated rings. The Bertz CT molecular complexity index is 1030. The Kier molecular flexibility index (Phi) is 3.72. The minimum Gasteiger partial charge on any atom is -0.319 e. The van der Waals surface area contributed by atoms with Crippen LogP contribution in [0.1, 0.15) is 18.1 Å². The first-order valence-corrected chi connectivity index (χ1v) is 8.36. The smallest absolute Gasteiger partial charge is 0.319 e. The van der Waals surface area contributed by atoms with Crippen LogP contribution in [0, 0.1) is 5.82 Å². The number of benzene rings is 3. The SMILES string of the molecule is CC1(c2ccc3ccccc3c2)NC(=O)N(Cc2ccccc2F)C1=O. The first-order valence-electron chi connectivity index (χ1n) is 8.36. The standard InChI is InChI=1S/C21H17FN2O2/c1-21(17-11-10-14-6-2-3-7-15(14)12-17)19(25)24(20(26)23-21)13-16-8-4-5-9-18(16)22/h2-12H,13H2,1H3,(H,23,26). The molecule has 1 saturated heterocycles. The number of nitrogens with zero attached hydrogens (tertiary/aromatic N) is 1. The Morgan fingerprint density at radius 2 is 1.65 bits per heavy atom. The molecule has 0 radical (unpaired) electrons. The number of nitrogens with one attached hydrogen (secondary N) is 1. The molecule has 3 amide bonds. The van der Waals surface area contributed by atoms with Crippen LogP contribution in [0.2, 0.25) is 0 Å². The van der Waals surface area contributed by atoms with Crippen LogP contribution in [0.3, 0.4) is 0 Å². The molecule has 26 heavy (non-hydrogen) atoms. The summed E-state index contributed by atoms with van der Waals surface area (Å²) >= 11 is 0. The number of amides is 3. The van der Waals surface area contributed by atoms with Crippen molar-refractivity contribution in [1.29, 1.82) is 0 Å². The van der Waals surface area contributed by atoms with E-state index in [4.69, 9.17) is 0 Å². The largest absolute Gasteiger partial charge is 0.325 e. The van der Waals surface area contributed by atoms with E-state index in [1.54, 1.807) is 25.1 Å². The quantitative estimate of drug-likeness (QED) is 0.729. The van der Waals surface area contributed by atoms with Crippen molar-refractivity contribution in [3.63, 3.8) is 0 Å². The molecule has 1 aliphatic heterocycles. The zero-order valence-corrected chi connectivity index (χ0v) is 14.2. The third-order valence-corrected chi connectivity index (χ3v) is 4.89. The molecule has 0 spiro atoms. The Labute approximate surface area is 150 Å². The van der Waals surface area contributed by atoms with Crippen molar-refractivity contribution < 1.29 is 14.0 Å². The lowest BCUT2D eigenvalue weighted by atomic mass is 9.90. The number of halogens is 1. The predicted octanol–water partition coefficient (Wildman–Crippen LogP) is 3.95. The van der Waals surface area contributed by atoms with Gasteiger partial charge in [-0.25, -0.2) is 9.18 Å². The van der Waals surface area contributed by atoms with Crippen LogP contribution in [0.25, 0.3) is 10.8 Å². The summed E-state index contributed by atoms with van der Waals surface area (Å²) in [4.78, 5) is 26.5. The second kappa shape index (κ2) is 5.95. The van der Waals surface area contributed by atoms with Crippen molar-refractivity contribution in [3.8, 4) is 0 Å². The number of imide groups is 1. The lowest BCUT2D eigenvalue weighted by Gasteiger charge is -2.23. The van der Waals surface area contributed by atoms with Crippen molar-refractivity contribution in [3.05, 3.63) is 83.7 Å². The molecule has 0 aliphatic carbocycles. The normalized spacial score (nSPS) is 19.8. The monoisotopic (exact) mass is 348 g/mol. The van der Waals surface area contributed by atoms with Crippen LogP contribution in [0.5, 0.6) is 0 Å². The molecule has 1 aliphatic rings. The average Bonchev–Trinajstić information content (AvgIpc) is 2.87. The van der Waals surface area contributed by atoms with Gasteiger partial charge >= 0.3 is 6.03 Å². The second-order valence-corrected chi connectivity index (χ2v) is 6.60. The summed E-state index contributed by atoms with van der Waals surface area (Å²) in [6.07, 6.45) is 0. The van der Waals surface area contributed by atoms with Crippen molar-refractivity contribution in [2.75, 3.05) is 0 Å². The van der Waals surface area contributed by atoms with Gasteiger partial charge in [0.25, 0.3) is 5.91 Å². The van der Waals surface area contributed by atoms with Gasteiger partial charge < -0.3 is 5.32 Å². The average molecular weight is 348 g/mol. The first-order chi connectivity index (χ1) is 12.5. The Balaban J connectivity index is 1.69. The highest BCUT2D eigenvalue weighted by molar-refractivity contribution is 6.07. The van der Waals surface area contributed by atoms with Crippen LogP contribution in [0.15, 0.2) is 66.7 Å². The van der Waals surface area contributed by atoms with Crippen molar-refractivity contribution in [1.82, 2.24) is 10.2 Å². The van der Waals surface area contributed by atoms with Gasteiger partial charge in [-0.15, -0.1) is 0 Å². The number of carbonyl (C=O) groups is 2. The van der Waals surface area contributed by atoms with Gasteiger partial charge in [0.2, 0.25) is 0 Å². The molecular formula is C21H17FN2O2. The third kappa shape index (κ3) is 2.52. The predicted molar refractivity (Wildman–Crippen MR) is 96.8 cm³/mol. The van der Waals surface area contributed by atoms with Gasteiger partial charge in [-0.3, -0.25) is 9.69 Å². The van der Waals surface area contributed by atoms with Gasteiger partial charge in [0.1, 0.15) is 11.4 Å². The van der Waals surface area contributed by atoms with E-state index in [0.29, 0.717) is 11.1 Å². The van der Waals surface area contributed by atoms with Gasteiger partial charge in [0.05, 0.1) is 6.54 Å². The molecule has 4 nitrogen and oxygen atoms in total. The zero-order chi connectivity index (χ0) is 18.3. The highest BCUT2D eigenvalue weighted by Crippen LogP contribution is 2.32. The highest BCUT2D eigenvalue weighted by Gasteiger charge is 2.49. The van der Waals surface area contributed by atoms with Gasteiger partial charge in [-0.2, -0.15) is 0 Å². The molecule has 1 N–H and O–H groups in total. The molecule has 0 saturated carbocycles. The fourth-order valence-electron chi connectivity index (χ4n) is 3.33. The summed E-state index contributed by atoms with van der Waals surface area (Å²) in [7, 11) is 0. The molecule has 5 heteroatoms. The molecule has 3 aromatic rings. The molecule has 1 atom stereocenters. The molecule has 0 aromatic heterocycles. The molecule has 1 unspecified atom stereocenters. The maximum absolute atomic E-state index is 13.9. The van der Waals surface area contributed by atoms with Gasteiger partial charge in [-0.1, -0.05) is 54.6 Å². The third-order valence-electron chi connectivity index (χ3n) is 4.89. The number of fused-ring (bicyclic) bond motifs is 1. The summed E-state index contributed by atoms with van der Waals surface area (Å²) in [5, 5.41) is 4.81. The minimum absolute atomic E-state index is 0.0967. The summed E-state index contributed by atoms with van der Waals surface area (Å²) < 4.78 is 13.9. The highest BCUT2D eigenvalue weighted by atomic mass is 19.1. The molecule has 3 aromatic carbocycles. The van der Waals surface area contributed by atoms with Crippen LogP contribution in [-0.4, -0.2) is 16.8 Å². The summed E-state index contributed by atoms with van der Waals surface area (Å²) in [6.45, 7) is 1.58. The molecule has 0 bridgehead atoms. The fraction of sp³-hybridized carbons (Fsp3) is 0.143. The topological polar surface area (TPSA) is 49.4 Å². The van der Waals surface area contributed by atoms with E-state index in [0.717, 1.165) is 15.7 Å². The van der Waals surface area contributed by atoms with Crippen LogP contribution >= 0.6 is 0 Å². The molecule has 1 heterocycles. The fourth-order valence-corrected chi connectivity index (χ4v) is 3.33. The van der Waals surface area contributed by atoms with E-state index in [1.165, 1.54) is 6.07 Å². The number of hydrogen-bond donors (Lipinski definition) is 1. The van der Waals surface area contributed by atoms with Gasteiger partial charge in [-0.05, 0) is 35.4 Å².